The summed E-state index contributed by atoms with van der Waals surface area (Å²) in [6, 6.07) is 0. The van der Waals surface area contributed by atoms with Gasteiger partial charge in [-0.25, -0.2) is 0 Å². The molecule has 1 rings (SSSR count). The Morgan fingerprint density at radius 1 is 1.67 bits per heavy atom. The van der Waals surface area contributed by atoms with Crippen molar-refractivity contribution in [1.82, 2.24) is 14.7 Å². The first-order valence-corrected chi connectivity index (χ1v) is 4.62. The molecule has 1 aromatic rings. The number of thiol groups is 1. The summed E-state index contributed by atoms with van der Waals surface area (Å²) in [5.41, 5.74) is 1.25. The molecule has 0 bridgehead atoms. The summed E-state index contributed by atoms with van der Waals surface area (Å²) in [6.07, 6.45) is 3.93. The van der Waals surface area contributed by atoms with E-state index in [1.165, 1.54) is 5.56 Å². The van der Waals surface area contributed by atoms with Crippen LogP contribution in [0.5, 0.6) is 0 Å². The second kappa shape index (κ2) is 4.52. The lowest BCUT2D eigenvalue weighted by Gasteiger charge is -2.12. The summed E-state index contributed by atoms with van der Waals surface area (Å²) in [4.78, 5) is 2.23. The quantitative estimate of drug-likeness (QED) is 0.700. The van der Waals surface area contributed by atoms with E-state index in [-0.39, 0.29) is 0 Å². The third-order valence-corrected chi connectivity index (χ3v) is 1.89. The fourth-order valence-electron chi connectivity index (χ4n) is 1.11. The summed E-state index contributed by atoms with van der Waals surface area (Å²) in [5, 5.41) is 4.10. The third-order valence-electron chi connectivity index (χ3n) is 1.69. The van der Waals surface area contributed by atoms with Crippen molar-refractivity contribution in [3.63, 3.8) is 0 Å². The van der Waals surface area contributed by atoms with Crippen LogP contribution in [-0.4, -0.2) is 34.0 Å². The van der Waals surface area contributed by atoms with E-state index in [1.54, 1.807) is 0 Å². The van der Waals surface area contributed by atoms with Crippen molar-refractivity contribution in [1.29, 1.82) is 0 Å². The minimum atomic E-state index is 0.900. The largest absolute Gasteiger partial charge is 0.301 e. The minimum Gasteiger partial charge on any atom is -0.301 e. The Morgan fingerprint density at radius 3 is 2.92 bits per heavy atom. The highest BCUT2D eigenvalue weighted by Crippen LogP contribution is 2.00. The van der Waals surface area contributed by atoms with E-state index in [1.807, 2.05) is 24.1 Å². The van der Waals surface area contributed by atoms with Gasteiger partial charge in [-0.15, -0.1) is 0 Å². The Morgan fingerprint density at radius 2 is 2.42 bits per heavy atom. The van der Waals surface area contributed by atoms with E-state index < -0.39 is 0 Å². The maximum absolute atomic E-state index is 4.17. The van der Waals surface area contributed by atoms with Crippen LogP contribution in [0.1, 0.15) is 5.56 Å². The van der Waals surface area contributed by atoms with Crippen LogP contribution in [-0.2, 0) is 13.6 Å². The van der Waals surface area contributed by atoms with E-state index in [0.717, 1.165) is 18.8 Å². The SMILES string of the molecule is CN(CCS)Cc1cnn(C)c1. The molecule has 1 heterocycles. The van der Waals surface area contributed by atoms with Crippen LogP contribution < -0.4 is 0 Å². The molecule has 68 valence electrons. The zero-order valence-corrected chi connectivity index (χ0v) is 8.46. The highest BCUT2D eigenvalue weighted by Gasteiger charge is 2.00. The predicted molar refractivity (Wildman–Crippen MR) is 53.4 cm³/mol. The molecule has 0 unspecified atom stereocenters. The first kappa shape index (κ1) is 9.61. The first-order chi connectivity index (χ1) is 5.72. The van der Waals surface area contributed by atoms with Gasteiger partial charge in [0.1, 0.15) is 0 Å². The predicted octanol–water partition coefficient (Wildman–Crippen LogP) is 0.782. The van der Waals surface area contributed by atoms with Crippen molar-refractivity contribution in [3.05, 3.63) is 18.0 Å². The van der Waals surface area contributed by atoms with Gasteiger partial charge in [-0.3, -0.25) is 4.68 Å². The summed E-state index contributed by atoms with van der Waals surface area (Å²) in [6.45, 7) is 1.96. The summed E-state index contributed by atoms with van der Waals surface area (Å²) < 4.78 is 1.82. The first-order valence-electron chi connectivity index (χ1n) is 3.99. The normalized spacial score (nSPS) is 11.0. The maximum atomic E-state index is 4.17. The average molecular weight is 185 g/mol. The van der Waals surface area contributed by atoms with E-state index >= 15 is 0 Å². The minimum absolute atomic E-state index is 0.900. The van der Waals surface area contributed by atoms with Crippen LogP contribution in [0, 0.1) is 0 Å². The summed E-state index contributed by atoms with van der Waals surface area (Å²) in [7, 11) is 4.02. The Kier molecular flexibility index (Phi) is 3.62. The van der Waals surface area contributed by atoms with Crippen molar-refractivity contribution in [2.75, 3.05) is 19.3 Å². The van der Waals surface area contributed by atoms with Crippen molar-refractivity contribution >= 4 is 12.6 Å². The van der Waals surface area contributed by atoms with Gasteiger partial charge in [-0.1, -0.05) is 0 Å². The van der Waals surface area contributed by atoms with Crippen LogP contribution in [0.3, 0.4) is 0 Å². The molecule has 0 spiro atoms. The summed E-state index contributed by atoms with van der Waals surface area (Å²) in [5.74, 6) is 0.900. The molecular weight excluding hydrogens is 170 g/mol. The molecule has 0 aliphatic carbocycles. The summed E-state index contributed by atoms with van der Waals surface area (Å²) >= 11 is 4.17. The Labute approximate surface area is 78.8 Å². The van der Waals surface area contributed by atoms with Gasteiger partial charge < -0.3 is 4.90 Å². The average Bonchev–Trinajstić information content (AvgIpc) is 2.36. The van der Waals surface area contributed by atoms with Gasteiger partial charge in [0, 0.05) is 37.7 Å². The standard InChI is InChI=1S/C8H15N3S/c1-10(3-4-12)6-8-5-9-11(2)7-8/h5,7,12H,3-4,6H2,1-2H3. The number of aryl methyl sites for hydroxylation is 1. The molecule has 12 heavy (non-hydrogen) atoms. The Balaban J connectivity index is 2.41. The molecule has 0 N–H and O–H groups in total. The zero-order chi connectivity index (χ0) is 8.97. The van der Waals surface area contributed by atoms with E-state index in [0.29, 0.717) is 0 Å². The lowest BCUT2D eigenvalue weighted by molar-refractivity contribution is 0.349. The third kappa shape index (κ3) is 2.87. The van der Waals surface area contributed by atoms with Crippen molar-refractivity contribution in [2.45, 2.75) is 6.54 Å². The molecule has 0 fully saturated rings. The molecule has 0 radical (unpaired) electrons. The van der Waals surface area contributed by atoms with Gasteiger partial charge in [0.25, 0.3) is 0 Å². The van der Waals surface area contributed by atoms with Gasteiger partial charge >= 0.3 is 0 Å². The highest BCUT2D eigenvalue weighted by atomic mass is 32.1. The van der Waals surface area contributed by atoms with Crippen molar-refractivity contribution in [3.8, 4) is 0 Å². The maximum Gasteiger partial charge on any atom is 0.0534 e. The molecule has 3 nitrogen and oxygen atoms in total. The lowest BCUT2D eigenvalue weighted by atomic mass is 10.3. The van der Waals surface area contributed by atoms with E-state index in [2.05, 4.69) is 29.7 Å². The molecule has 0 amide bonds. The van der Waals surface area contributed by atoms with Crippen LogP contribution in [0.15, 0.2) is 12.4 Å². The van der Waals surface area contributed by atoms with Gasteiger partial charge in [0.2, 0.25) is 0 Å². The number of hydrogen-bond acceptors (Lipinski definition) is 3. The van der Waals surface area contributed by atoms with Crippen LogP contribution >= 0.6 is 12.6 Å². The number of aromatic nitrogens is 2. The highest BCUT2D eigenvalue weighted by molar-refractivity contribution is 7.80. The Bertz CT molecular complexity index is 234. The molecule has 4 heteroatoms. The number of nitrogens with zero attached hydrogens (tertiary/aromatic N) is 3. The lowest BCUT2D eigenvalue weighted by Crippen LogP contribution is -2.19. The van der Waals surface area contributed by atoms with Gasteiger partial charge in [-0.05, 0) is 7.05 Å². The monoisotopic (exact) mass is 185 g/mol. The topological polar surface area (TPSA) is 21.1 Å². The van der Waals surface area contributed by atoms with Crippen LogP contribution in [0.25, 0.3) is 0 Å². The van der Waals surface area contributed by atoms with Crippen molar-refractivity contribution < 1.29 is 0 Å². The molecule has 0 aliphatic rings. The van der Waals surface area contributed by atoms with Gasteiger partial charge in [-0.2, -0.15) is 17.7 Å². The molecule has 1 aromatic heterocycles. The zero-order valence-electron chi connectivity index (χ0n) is 7.56. The molecule has 0 saturated heterocycles. The number of hydrogen-bond donors (Lipinski definition) is 1. The molecule has 0 saturated carbocycles. The van der Waals surface area contributed by atoms with Crippen LogP contribution in [0.4, 0.5) is 0 Å². The van der Waals surface area contributed by atoms with Gasteiger partial charge in [0.15, 0.2) is 0 Å². The molecular formula is C8H15N3S. The van der Waals surface area contributed by atoms with Gasteiger partial charge in [0.05, 0.1) is 6.20 Å². The molecule has 0 aliphatic heterocycles. The smallest absolute Gasteiger partial charge is 0.0534 e. The second-order valence-electron chi connectivity index (χ2n) is 2.98. The number of rotatable bonds is 4. The fraction of sp³-hybridized carbons (Fsp3) is 0.625. The van der Waals surface area contributed by atoms with Crippen molar-refractivity contribution in [2.24, 2.45) is 7.05 Å². The molecule has 0 aromatic carbocycles. The molecule has 0 atom stereocenters. The van der Waals surface area contributed by atoms with E-state index in [4.69, 9.17) is 0 Å². The fourth-order valence-corrected chi connectivity index (χ4v) is 1.46. The second-order valence-corrected chi connectivity index (χ2v) is 3.43. The van der Waals surface area contributed by atoms with E-state index in [9.17, 15) is 0 Å². The van der Waals surface area contributed by atoms with Crippen LogP contribution in [0.2, 0.25) is 0 Å². The Hall–Kier alpha value is -0.480.